The molecule has 1 N–H and O–H groups in total. The minimum absolute atomic E-state index is 0.322. The topological polar surface area (TPSA) is 86.1 Å². The largest absolute Gasteiger partial charge is 0.442 e. The van der Waals surface area contributed by atoms with Crippen LogP contribution in [0.5, 0.6) is 0 Å². The SMILES string of the molecule is CC(C)(C)NC(=O)C1OC(=O)c2c([Si](C)(C)C)nnn2-c2ccccc21. The number of nitrogens with zero attached hydrogens (tertiary/aromatic N) is 3. The normalized spacial score (nSPS) is 17.0. The Bertz CT molecular complexity index is 877. The number of ether oxygens (including phenoxy) is 1. The highest BCUT2D eigenvalue weighted by molar-refractivity contribution is 6.88. The van der Waals surface area contributed by atoms with E-state index in [1.165, 1.54) is 4.68 Å². The summed E-state index contributed by atoms with van der Waals surface area (Å²) in [5.41, 5.74) is 1.11. The van der Waals surface area contributed by atoms with Gasteiger partial charge in [-0.1, -0.05) is 43.1 Å². The molecule has 1 amide bonds. The Morgan fingerprint density at radius 3 is 2.50 bits per heavy atom. The molecule has 7 nitrogen and oxygen atoms in total. The number of fused-ring (bicyclic) bond motifs is 3. The third kappa shape index (κ3) is 3.28. The van der Waals surface area contributed by atoms with E-state index in [-0.39, 0.29) is 5.91 Å². The van der Waals surface area contributed by atoms with Crippen LogP contribution in [-0.4, -0.2) is 40.5 Å². The molecule has 0 radical (unpaired) electrons. The highest BCUT2D eigenvalue weighted by Crippen LogP contribution is 2.30. The Labute approximate surface area is 153 Å². The number of amides is 1. The maximum atomic E-state index is 12.9. The molecule has 1 unspecified atom stereocenters. The third-order valence-electron chi connectivity index (χ3n) is 3.98. The van der Waals surface area contributed by atoms with Crippen LogP contribution in [0.25, 0.3) is 5.69 Å². The number of aromatic nitrogens is 3. The molecule has 26 heavy (non-hydrogen) atoms. The zero-order valence-electron chi connectivity index (χ0n) is 16.0. The average molecular weight is 373 g/mol. The molecule has 138 valence electrons. The number of para-hydroxylation sites is 1. The molecule has 1 aromatic carbocycles. The summed E-state index contributed by atoms with van der Waals surface area (Å²) >= 11 is 0. The average Bonchev–Trinajstić information content (AvgIpc) is 2.91. The first kappa shape index (κ1) is 18.3. The van der Waals surface area contributed by atoms with Crippen molar-refractivity contribution < 1.29 is 14.3 Å². The molecule has 0 aliphatic carbocycles. The summed E-state index contributed by atoms with van der Waals surface area (Å²) < 4.78 is 7.15. The fraction of sp³-hybridized carbons (Fsp3) is 0.444. The minimum atomic E-state index is -1.93. The second kappa shape index (κ2) is 6.05. The molecule has 0 bridgehead atoms. The summed E-state index contributed by atoms with van der Waals surface area (Å²) in [6, 6.07) is 7.25. The quantitative estimate of drug-likeness (QED) is 0.643. The molecule has 2 heterocycles. The molecule has 0 saturated carbocycles. The molecule has 1 aromatic heterocycles. The summed E-state index contributed by atoms with van der Waals surface area (Å²) in [7, 11) is -1.93. The van der Waals surface area contributed by atoms with Gasteiger partial charge in [-0.15, -0.1) is 5.10 Å². The van der Waals surface area contributed by atoms with Crippen LogP contribution in [0.1, 0.15) is 42.9 Å². The van der Waals surface area contributed by atoms with Gasteiger partial charge >= 0.3 is 5.97 Å². The lowest BCUT2D eigenvalue weighted by Crippen LogP contribution is -2.45. The van der Waals surface area contributed by atoms with E-state index in [1.807, 2.05) is 39.0 Å². The number of hydrogen-bond donors (Lipinski definition) is 1. The van der Waals surface area contributed by atoms with Crippen LogP contribution in [0.3, 0.4) is 0 Å². The maximum Gasteiger partial charge on any atom is 0.359 e. The molecule has 0 spiro atoms. The van der Waals surface area contributed by atoms with E-state index >= 15 is 0 Å². The van der Waals surface area contributed by atoms with Crippen LogP contribution in [-0.2, 0) is 9.53 Å². The number of esters is 1. The Kier molecular flexibility index (Phi) is 4.26. The number of carbonyl (C=O) groups excluding carboxylic acids is 2. The molecule has 1 aliphatic heterocycles. The number of rotatable bonds is 2. The van der Waals surface area contributed by atoms with E-state index in [0.29, 0.717) is 22.3 Å². The Morgan fingerprint density at radius 1 is 1.23 bits per heavy atom. The van der Waals surface area contributed by atoms with Crippen LogP contribution < -0.4 is 10.6 Å². The zero-order valence-corrected chi connectivity index (χ0v) is 17.0. The predicted octanol–water partition coefficient (Wildman–Crippen LogP) is 1.94. The van der Waals surface area contributed by atoms with E-state index in [2.05, 4.69) is 35.3 Å². The number of cyclic esters (lactones) is 1. The van der Waals surface area contributed by atoms with E-state index < -0.39 is 25.7 Å². The van der Waals surface area contributed by atoms with E-state index in [4.69, 9.17) is 4.74 Å². The highest BCUT2D eigenvalue weighted by Gasteiger charge is 2.39. The van der Waals surface area contributed by atoms with Gasteiger partial charge in [0.1, 0.15) is 8.07 Å². The summed E-state index contributed by atoms with van der Waals surface area (Å²) in [5.74, 6) is -0.927. The molecule has 8 heteroatoms. The van der Waals surface area contributed by atoms with Gasteiger partial charge in [-0.3, -0.25) is 4.79 Å². The van der Waals surface area contributed by atoms with Crippen LogP contribution in [0.15, 0.2) is 24.3 Å². The van der Waals surface area contributed by atoms with Crippen molar-refractivity contribution in [2.75, 3.05) is 0 Å². The first-order chi connectivity index (χ1) is 12.0. The standard InChI is InChI=1S/C18H24N4O3Si/c1-18(2,3)19-15(23)14-11-9-7-8-10-12(11)22-13(17(24)25-14)16(20-21-22)26(4,5)6/h7-10,14H,1-6H3,(H,19,23). The Hall–Kier alpha value is -2.48. The molecule has 2 aromatic rings. The first-order valence-electron chi connectivity index (χ1n) is 8.57. The van der Waals surface area contributed by atoms with Crippen molar-refractivity contribution in [1.82, 2.24) is 20.3 Å². The molecule has 1 aliphatic rings. The maximum absolute atomic E-state index is 12.9. The number of carbonyl (C=O) groups is 2. The van der Waals surface area contributed by atoms with Crippen molar-refractivity contribution in [3.05, 3.63) is 35.5 Å². The van der Waals surface area contributed by atoms with Crippen LogP contribution in [0.2, 0.25) is 19.6 Å². The van der Waals surface area contributed by atoms with Gasteiger partial charge in [-0.25, -0.2) is 9.48 Å². The molecule has 1 atom stereocenters. The highest BCUT2D eigenvalue weighted by atomic mass is 28.3. The lowest BCUT2D eigenvalue weighted by Gasteiger charge is -2.24. The second-order valence-electron chi connectivity index (χ2n) is 8.53. The fourth-order valence-corrected chi connectivity index (χ4v) is 4.16. The summed E-state index contributed by atoms with van der Waals surface area (Å²) in [5, 5.41) is 12.0. The van der Waals surface area contributed by atoms with Gasteiger partial charge in [0.25, 0.3) is 5.91 Å². The van der Waals surface area contributed by atoms with Crippen LogP contribution >= 0.6 is 0 Å². The summed E-state index contributed by atoms with van der Waals surface area (Å²) in [6.07, 6.45) is -1.03. The number of benzene rings is 1. The Morgan fingerprint density at radius 2 is 1.88 bits per heavy atom. The van der Waals surface area contributed by atoms with Gasteiger partial charge < -0.3 is 10.1 Å². The lowest BCUT2D eigenvalue weighted by molar-refractivity contribution is -0.131. The predicted molar refractivity (Wildman–Crippen MR) is 100 cm³/mol. The molecule has 0 fully saturated rings. The second-order valence-corrected chi connectivity index (χ2v) is 13.5. The summed E-state index contributed by atoms with van der Waals surface area (Å²) in [4.78, 5) is 25.7. The number of nitrogens with one attached hydrogen (secondary N) is 1. The van der Waals surface area contributed by atoms with Crippen molar-refractivity contribution in [2.45, 2.75) is 52.1 Å². The van der Waals surface area contributed by atoms with Crippen molar-refractivity contribution in [1.29, 1.82) is 0 Å². The molecule has 3 rings (SSSR count). The number of hydrogen-bond acceptors (Lipinski definition) is 5. The zero-order chi connectivity index (χ0) is 19.3. The fourth-order valence-electron chi connectivity index (χ4n) is 2.90. The smallest absolute Gasteiger partial charge is 0.359 e. The van der Waals surface area contributed by atoms with E-state index in [1.54, 1.807) is 6.07 Å². The summed E-state index contributed by atoms with van der Waals surface area (Å²) in [6.45, 7) is 11.9. The van der Waals surface area contributed by atoms with E-state index in [0.717, 1.165) is 0 Å². The third-order valence-corrected chi connectivity index (χ3v) is 5.74. The van der Waals surface area contributed by atoms with Gasteiger partial charge in [-0.2, -0.15) is 0 Å². The van der Waals surface area contributed by atoms with Gasteiger partial charge in [-0.05, 0) is 26.8 Å². The molecular formula is C18H24N4O3Si. The van der Waals surface area contributed by atoms with Crippen molar-refractivity contribution in [3.8, 4) is 5.69 Å². The first-order valence-corrected chi connectivity index (χ1v) is 12.1. The van der Waals surface area contributed by atoms with Crippen molar-refractivity contribution in [2.24, 2.45) is 0 Å². The van der Waals surface area contributed by atoms with Gasteiger partial charge in [0.2, 0.25) is 6.10 Å². The van der Waals surface area contributed by atoms with Gasteiger partial charge in [0, 0.05) is 11.1 Å². The Balaban J connectivity index is 2.16. The monoisotopic (exact) mass is 372 g/mol. The molecule has 0 saturated heterocycles. The van der Waals surface area contributed by atoms with Crippen LogP contribution in [0.4, 0.5) is 0 Å². The van der Waals surface area contributed by atoms with Crippen molar-refractivity contribution >= 4 is 25.3 Å². The lowest BCUT2D eigenvalue weighted by atomic mass is 10.0. The van der Waals surface area contributed by atoms with Gasteiger partial charge in [0.15, 0.2) is 5.69 Å². The van der Waals surface area contributed by atoms with Crippen molar-refractivity contribution in [3.63, 3.8) is 0 Å². The van der Waals surface area contributed by atoms with Crippen LogP contribution in [0, 0.1) is 0 Å². The van der Waals surface area contributed by atoms with E-state index in [9.17, 15) is 9.59 Å². The minimum Gasteiger partial charge on any atom is -0.442 e. The molecular weight excluding hydrogens is 348 g/mol. The van der Waals surface area contributed by atoms with Gasteiger partial charge in [0.05, 0.1) is 11.0 Å².